The molecule has 1 heterocycles. The van der Waals surface area contributed by atoms with Crippen LogP contribution in [-0.4, -0.2) is 32.9 Å². The summed E-state index contributed by atoms with van der Waals surface area (Å²) in [7, 11) is 0. The van der Waals surface area contributed by atoms with Gasteiger partial charge in [0.15, 0.2) is 5.16 Å². The fourth-order valence-electron chi connectivity index (χ4n) is 2.49. The molecule has 0 bridgehead atoms. The van der Waals surface area contributed by atoms with Crippen LogP contribution in [0.4, 0.5) is 11.4 Å². The summed E-state index contributed by atoms with van der Waals surface area (Å²) in [5.41, 5.74) is 3.71. The molecule has 0 radical (unpaired) electrons. The molecule has 1 aromatic heterocycles. The number of carbonyl (C=O) groups is 1. The van der Waals surface area contributed by atoms with E-state index in [9.17, 15) is 9.90 Å². The van der Waals surface area contributed by atoms with Crippen LogP contribution in [-0.2, 0) is 4.79 Å². The zero-order valence-electron chi connectivity index (χ0n) is 15.6. The SMILES string of the molecule is Cc1cc(C)nc(SCC(=O)Nc2cccc(N=Cc3ccccc3O)c2)n1. The number of amides is 1. The number of phenols is 1. The number of hydrogen-bond donors (Lipinski definition) is 2. The molecule has 3 aromatic rings. The molecule has 6 nitrogen and oxygen atoms in total. The van der Waals surface area contributed by atoms with E-state index in [1.165, 1.54) is 11.8 Å². The smallest absolute Gasteiger partial charge is 0.234 e. The molecule has 7 heteroatoms. The molecule has 0 spiro atoms. The standard InChI is InChI=1S/C21H20N4O2S/c1-14-10-15(2)24-21(23-14)28-13-20(27)25-18-8-5-7-17(11-18)22-12-16-6-3-4-9-19(16)26/h3-12,26H,13H2,1-2H3,(H,25,27). The lowest BCUT2D eigenvalue weighted by Gasteiger charge is -2.06. The molecule has 0 fully saturated rings. The van der Waals surface area contributed by atoms with Crippen molar-refractivity contribution in [3.05, 3.63) is 71.5 Å². The fourth-order valence-corrected chi connectivity index (χ4v) is 3.24. The number of hydrogen-bond acceptors (Lipinski definition) is 6. The van der Waals surface area contributed by atoms with Crippen molar-refractivity contribution in [1.82, 2.24) is 9.97 Å². The number of benzene rings is 2. The van der Waals surface area contributed by atoms with E-state index in [1.54, 1.807) is 36.5 Å². The Balaban J connectivity index is 1.60. The lowest BCUT2D eigenvalue weighted by molar-refractivity contribution is -0.113. The number of phenolic OH excluding ortho intramolecular Hbond substituents is 1. The van der Waals surface area contributed by atoms with E-state index in [4.69, 9.17) is 0 Å². The number of carbonyl (C=O) groups excluding carboxylic acids is 1. The van der Waals surface area contributed by atoms with E-state index in [1.807, 2.05) is 38.1 Å². The Morgan fingerprint density at radius 1 is 1.11 bits per heavy atom. The highest BCUT2D eigenvalue weighted by atomic mass is 32.2. The number of aromatic hydroxyl groups is 1. The van der Waals surface area contributed by atoms with Crippen molar-refractivity contribution in [3.63, 3.8) is 0 Å². The van der Waals surface area contributed by atoms with E-state index in [2.05, 4.69) is 20.3 Å². The second-order valence-electron chi connectivity index (χ2n) is 6.14. The van der Waals surface area contributed by atoms with E-state index in [0.29, 0.717) is 22.1 Å². The highest BCUT2D eigenvalue weighted by Gasteiger charge is 2.07. The maximum atomic E-state index is 12.2. The van der Waals surface area contributed by atoms with Crippen LogP contribution in [0.5, 0.6) is 5.75 Å². The van der Waals surface area contributed by atoms with Gasteiger partial charge in [0.1, 0.15) is 5.75 Å². The summed E-state index contributed by atoms with van der Waals surface area (Å²) in [4.78, 5) is 25.2. The van der Waals surface area contributed by atoms with E-state index in [0.717, 1.165) is 11.4 Å². The molecular weight excluding hydrogens is 372 g/mol. The molecule has 0 saturated carbocycles. The zero-order valence-corrected chi connectivity index (χ0v) is 16.4. The Hall–Kier alpha value is -3.19. The topological polar surface area (TPSA) is 87.5 Å². The lowest BCUT2D eigenvalue weighted by atomic mass is 10.2. The van der Waals surface area contributed by atoms with Gasteiger partial charge < -0.3 is 10.4 Å². The van der Waals surface area contributed by atoms with Gasteiger partial charge in [-0.2, -0.15) is 0 Å². The van der Waals surface area contributed by atoms with E-state index in [-0.39, 0.29) is 17.4 Å². The van der Waals surface area contributed by atoms with E-state index < -0.39 is 0 Å². The number of nitrogens with one attached hydrogen (secondary N) is 1. The van der Waals surface area contributed by atoms with Gasteiger partial charge in [0.25, 0.3) is 0 Å². The first-order chi connectivity index (χ1) is 13.5. The third kappa shape index (κ3) is 5.65. The van der Waals surface area contributed by atoms with Gasteiger partial charge in [0.2, 0.25) is 5.91 Å². The van der Waals surface area contributed by atoms with Crippen molar-refractivity contribution in [2.24, 2.45) is 4.99 Å². The van der Waals surface area contributed by atoms with Crippen LogP contribution < -0.4 is 5.32 Å². The molecular formula is C21H20N4O2S. The third-order valence-corrected chi connectivity index (χ3v) is 4.56. The van der Waals surface area contributed by atoms with Crippen molar-refractivity contribution in [1.29, 1.82) is 0 Å². The predicted molar refractivity (Wildman–Crippen MR) is 113 cm³/mol. The zero-order chi connectivity index (χ0) is 19.9. The summed E-state index contributed by atoms with van der Waals surface area (Å²) in [6, 6.07) is 16.1. The maximum absolute atomic E-state index is 12.2. The second kappa shape index (κ2) is 9.14. The van der Waals surface area contributed by atoms with Crippen LogP contribution in [0.3, 0.4) is 0 Å². The average molecular weight is 392 g/mol. The van der Waals surface area contributed by atoms with Gasteiger partial charge in [0.05, 0.1) is 11.4 Å². The molecule has 28 heavy (non-hydrogen) atoms. The van der Waals surface area contributed by atoms with Crippen molar-refractivity contribution in [2.45, 2.75) is 19.0 Å². The van der Waals surface area contributed by atoms with Gasteiger partial charge in [-0.05, 0) is 50.2 Å². The van der Waals surface area contributed by atoms with Crippen LogP contribution in [0, 0.1) is 13.8 Å². The highest BCUT2D eigenvalue weighted by molar-refractivity contribution is 7.99. The molecule has 0 unspecified atom stereocenters. The molecule has 0 saturated heterocycles. The fraction of sp³-hybridized carbons (Fsp3) is 0.143. The van der Waals surface area contributed by atoms with Crippen LogP contribution in [0.2, 0.25) is 0 Å². The molecule has 0 aliphatic carbocycles. The summed E-state index contributed by atoms with van der Waals surface area (Å²) >= 11 is 1.30. The molecule has 0 aliphatic rings. The minimum absolute atomic E-state index is 0.144. The third-order valence-electron chi connectivity index (χ3n) is 3.71. The number of aromatic nitrogens is 2. The Morgan fingerprint density at radius 2 is 1.86 bits per heavy atom. The molecule has 142 valence electrons. The Labute approximate surface area is 167 Å². The minimum Gasteiger partial charge on any atom is -0.507 e. The Kier molecular flexibility index (Phi) is 6.39. The summed E-state index contributed by atoms with van der Waals surface area (Å²) in [5.74, 6) is 0.241. The largest absolute Gasteiger partial charge is 0.507 e. The Morgan fingerprint density at radius 3 is 2.61 bits per heavy atom. The number of aliphatic imine (C=N–C) groups is 1. The molecule has 1 amide bonds. The highest BCUT2D eigenvalue weighted by Crippen LogP contribution is 2.20. The first kappa shape index (κ1) is 19.6. The van der Waals surface area contributed by atoms with Crippen molar-refractivity contribution >= 4 is 35.3 Å². The van der Waals surface area contributed by atoms with Gasteiger partial charge in [0, 0.05) is 28.9 Å². The number of nitrogens with zero attached hydrogens (tertiary/aromatic N) is 3. The van der Waals surface area contributed by atoms with Crippen molar-refractivity contribution in [3.8, 4) is 5.75 Å². The summed E-state index contributed by atoms with van der Waals surface area (Å²) in [6.07, 6.45) is 1.59. The monoisotopic (exact) mass is 392 g/mol. The summed E-state index contributed by atoms with van der Waals surface area (Å²) < 4.78 is 0. The van der Waals surface area contributed by atoms with Gasteiger partial charge >= 0.3 is 0 Å². The first-order valence-corrected chi connectivity index (χ1v) is 9.65. The average Bonchev–Trinajstić information content (AvgIpc) is 2.65. The van der Waals surface area contributed by atoms with E-state index >= 15 is 0 Å². The van der Waals surface area contributed by atoms with Gasteiger partial charge in [-0.1, -0.05) is 30.0 Å². The van der Waals surface area contributed by atoms with Crippen molar-refractivity contribution < 1.29 is 9.90 Å². The van der Waals surface area contributed by atoms with Crippen LogP contribution in [0.1, 0.15) is 17.0 Å². The van der Waals surface area contributed by atoms with Gasteiger partial charge in [-0.15, -0.1) is 0 Å². The Bertz CT molecular complexity index is 1000. The van der Waals surface area contributed by atoms with Crippen LogP contribution in [0.15, 0.2) is 64.7 Å². The first-order valence-electron chi connectivity index (χ1n) is 8.67. The van der Waals surface area contributed by atoms with Crippen molar-refractivity contribution in [2.75, 3.05) is 11.1 Å². The second-order valence-corrected chi connectivity index (χ2v) is 7.08. The normalized spacial score (nSPS) is 10.9. The molecule has 0 atom stereocenters. The van der Waals surface area contributed by atoms with Crippen LogP contribution in [0.25, 0.3) is 0 Å². The molecule has 2 aromatic carbocycles. The van der Waals surface area contributed by atoms with Crippen LogP contribution >= 0.6 is 11.8 Å². The minimum atomic E-state index is -0.144. The maximum Gasteiger partial charge on any atom is 0.234 e. The number of rotatable bonds is 6. The predicted octanol–water partition coefficient (Wildman–Crippen LogP) is 4.28. The number of para-hydroxylation sites is 1. The number of thioether (sulfide) groups is 1. The summed E-state index contributed by atoms with van der Waals surface area (Å²) in [5, 5.41) is 13.2. The number of anilines is 1. The van der Waals surface area contributed by atoms with Gasteiger partial charge in [-0.25, -0.2) is 9.97 Å². The molecule has 3 rings (SSSR count). The molecule has 2 N–H and O–H groups in total. The summed E-state index contributed by atoms with van der Waals surface area (Å²) in [6.45, 7) is 3.81. The lowest BCUT2D eigenvalue weighted by Crippen LogP contribution is -2.14. The van der Waals surface area contributed by atoms with Gasteiger partial charge in [-0.3, -0.25) is 9.79 Å². The number of aryl methyl sites for hydroxylation is 2. The quantitative estimate of drug-likeness (QED) is 0.371. The molecule has 0 aliphatic heterocycles.